The van der Waals surface area contributed by atoms with Gasteiger partial charge in [0, 0.05) is 25.2 Å². The van der Waals surface area contributed by atoms with Gasteiger partial charge in [-0.2, -0.15) is 0 Å². The fourth-order valence-corrected chi connectivity index (χ4v) is 4.44. The minimum absolute atomic E-state index is 0.466. The predicted octanol–water partition coefficient (Wildman–Crippen LogP) is 2.31. The molecule has 1 unspecified atom stereocenters. The van der Waals surface area contributed by atoms with Gasteiger partial charge in [0.05, 0.1) is 0 Å². The van der Waals surface area contributed by atoms with Crippen molar-refractivity contribution in [3.8, 4) is 0 Å². The normalized spacial score (nSPS) is 38.4. The Balaban J connectivity index is 1.40. The highest BCUT2D eigenvalue weighted by atomic mass is 15.3. The van der Waals surface area contributed by atoms with E-state index in [-0.39, 0.29) is 0 Å². The van der Waals surface area contributed by atoms with Gasteiger partial charge < -0.3 is 10.6 Å². The zero-order chi connectivity index (χ0) is 13.9. The van der Waals surface area contributed by atoms with Gasteiger partial charge in [0.1, 0.15) is 0 Å². The molecule has 0 aromatic rings. The maximum atomic E-state index is 6.02. The summed E-state index contributed by atoms with van der Waals surface area (Å²) in [4.78, 5) is 5.46. The maximum absolute atomic E-state index is 6.02. The molecule has 116 valence electrons. The van der Waals surface area contributed by atoms with Crippen LogP contribution in [0.15, 0.2) is 0 Å². The van der Waals surface area contributed by atoms with Crippen molar-refractivity contribution in [1.82, 2.24) is 9.80 Å². The van der Waals surface area contributed by atoms with Crippen molar-refractivity contribution in [2.75, 3.05) is 32.7 Å². The summed E-state index contributed by atoms with van der Waals surface area (Å²) >= 11 is 0. The van der Waals surface area contributed by atoms with Crippen LogP contribution >= 0.6 is 0 Å². The Labute approximate surface area is 124 Å². The van der Waals surface area contributed by atoms with Gasteiger partial charge in [-0.05, 0) is 63.6 Å². The molecule has 0 amide bonds. The molecule has 3 rings (SSSR count). The lowest BCUT2D eigenvalue weighted by Gasteiger charge is -2.35. The zero-order valence-corrected chi connectivity index (χ0v) is 13.3. The highest BCUT2D eigenvalue weighted by molar-refractivity contribution is 4.88. The molecule has 0 aromatic heterocycles. The topological polar surface area (TPSA) is 32.5 Å². The lowest BCUT2D eigenvalue weighted by atomic mass is 9.83. The molecule has 3 nitrogen and oxygen atoms in total. The third-order valence-electron chi connectivity index (χ3n) is 5.99. The van der Waals surface area contributed by atoms with Crippen molar-refractivity contribution in [1.29, 1.82) is 0 Å². The molecule has 1 saturated carbocycles. The van der Waals surface area contributed by atoms with Crippen molar-refractivity contribution < 1.29 is 0 Å². The van der Waals surface area contributed by atoms with E-state index in [4.69, 9.17) is 5.73 Å². The number of nitrogens with two attached hydrogens (primary N) is 1. The van der Waals surface area contributed by atoms with Crippen molar-refractivity contribution in [3.63, 3.8) is 0 Å². The first-order valence-corrected chi connectivity index (χ1v) is 8.92. The molecule has 2 saturated heterocycles. The molecule has 20 heavy (non-hydrogen) atoms. The summed E-state index contributed by atoms with van der Waals surface area (Å²) in [6, 6.07) is 1.29. The van der Waals surface area contributed by atoms with E-state index >= 15 is 0 Å². The van der Waals surface area contributed by atoms with Crippen LogP contribution in [-0.4, -0.2) is 54.6 Å². The molecule has 2 aliphatic heterocycles. The quantitative estimate of drug-likeness (QED) is 0.860. The monoisotopic (exact) mass is 279 g/mol. The zero-order valence-electron chi connectivity index (χ0n) is 13.3. The summed E-state index contributed by atoms with van der Waals surface area (Å²) in [5.74, 6) is 1.97. The predicted molar refractivity (Wildman–Crippen MR) is 84.7 cm³/mol. The Morgan fingerprint density at radius 2 is 1.60 bits per heavy atom. The lowest BCUT2D eigenvalue weighted by Crippen LogP contribution is -2.46. The third kappa shape index (κ3) is 3.75. The van der Waals surface area contributed by atoms with Gasteiger partial charge in [0.25, 0.3) is 0 Å². The van der Waals surface area contributed by atoms with E-state index in [0.29, 0.717) is 6.04 Å². The van der Waals surface area contributed by atoms with Crippen LogP contribution in [0.5, 0.6) is 0 Å². The fraction of sp³-hybridized carbons (Fsp3) is 1.00. The Hall–Kier alpha value is -0.120. The van der Waals surface area contributed by atoms with E-state index in [9.17, 15) is 0 Å². The number of piperidine rings is 1. The Morgan fingerprint density at radius 1 is 0.900 bits per heavy atom. The first kappa shape index (κ1) is 14.8. The molecule has 3 fully saturated rings. The van der Waals surface area contributed by atoms with Crippen LogP contribution in [-0.2, 0) is 0 Å². The number of hydrogen-bond donors (Lipinski definition) is 1. The second-order valence-corrected chi connectivity index (χ2v) is 7.70. The molecular weight excluding hydrogens is 246 g/mol. The van der Waals surface area contributed by atoms with Crippen LogP contribution in [0.1, 0.15) is 51.9 Å². The van der Waals surface area contributed by atoms with Gasteiger partial charge >= 0.3 is 0 Å². The van der Waals surface area contributed by atoms with E-state index in [0.717, 1.165) is 17.9 Å². The van der Waals surface area contributed by atoms with E-state index in [2.05, 4.69) is 16.7 Å². The minimum Gasteiger partial charge on any atom is -0.328 e. The Bertz CT molecular complexity index is 291. The number of hydrogen-bond acceptors (Lipinski definition) is 3. The molecule has 0 radical (unpaired) electrons. The van der Waals surface area contributed by atoms with Gasteiger partial charge in [0.2, 0.25) is 0 Å². The number of rotatable bonds is 3. The number of nitrogens with zero attached hydrogens (tertiary/aromatic N) is 2. The highest BCUT2D eigenvalue weighted by Crippen LogP contribution is 2.30. The summed E-state index contributed by atoms with van der Waals surface area (Å²) in [5, 5.41) is 0. The Morgan fingerprint density at radius 3 is 2.30 bits per heavy atom. The number of likely N-dealkylation sites (tertiary alicyclic amines) is 2. The molecule has 0 spiro atoms. The first-order chi connectivity index (χ1) is 9.70. The smallest absolute Gasteiger partial charge is 0.0235 e. The van der Waals surface area contributed by atoms with Crippen molar-refractivity contribution >= 4 is 0 Å². The van der Waals surface area contributed by atoms with Gasteiger partial charge in [-0.3, -0.25) is 4.90 Å². The van der Waals surface area contributed by atoms with Gasteiger partial charge in [-0.15, -0.1) is 0 Å². The first-order valence-electron chi connectivity index (χ1n) is 8.92. The molecule has 0 aromatic carbocycles. The van der Waals surface area contributed by atoms with Crippen LogP contribution in [0.25, 0.3) is 0 Å². The maximum Gasteiger partial charge on any atom is 0.0235 e. The van der Waals surface area contributed by atoms with Gasteiger partial charge in [-0.25, -0.2) is 0 Å². The van der Waals surface area contributed by atoms with Gasteiger partial charge in [-0.1, -0.05) is 19.8 Å². The van der Waals surface area contributed by atoms with Crippen molar-refractivity contribution in [2.45, 2.75) is 64.0 Å². The lowest BCUT2D eigenvalue weighted by molar-refractivity contribution is 0.145. The fourth-order valence-electron chi connectivity index (χ4n) is 4.44. The average molecular weight is 279 g/mol. The second kappa shape index (κ2) is 6.76. The molecule has 1 atom stereocenters. The SMILES string of the molecule is CC1CCC(CN2CCC(N3CCC(N)CC3)C2)CC1. The summed E-state index contributed by atoms with van der Waals surface area (Å²) in [7, 11) is 0. The molecule has 2 N–H and O–H groups in total. The minimum atomic E-state index is 0.466. The molecule has 1 aliphatic carbocycles. The van der Waals surface area contributed by atoms with Crippen LogP contribution in [0.4, 0.5) is 0 Å². The van der Waals surface area contributed by atoms with Crippen molar-refractivity contribution in [2.24, 2.45) is 17.6 Å². The molecule has 2 heterocycles. The molecule has 0 bridgehead atoms. The van der Waals surface area contributed by atoms with Crippen LogP contribution < -0.4 is 5.73 Å². The van der Waals surface area contributed by atoms with Crippen molar-refractivity contribution in [3.05, 3.63) is 0 Å². The summed E-state index contributed by atoms with van der Waals surface area (Å²) in [6.07, 6.45) is 9.67. The summed E-state index contributed by atoms with van der Waals surface area (Å²) in [6.45, 7) is 8.92. The van der Waals surface area contributed by atoms with E-state index in [1.165, 1.54) is 77.7 Å². The van der Waals surface area contributed by atoms with E-state index in [1.54, 1.807) is 0 Å². The van der Waals surface area contributed by atoms with Crippen LogP contribution in [0.2, 0.25) is 0 Å². The molecular formula is C17H33N3. The second-order valence-electron chi connectivity index (χ2n) is 7.70. The molecule has 3 aliphatic rings. The highest BCUT2D eigenvalue weighted by Gasteiger charge is 2.31. The van der Waals surface area contributed by atoms with E-state index < -0.39 is 0 Å². The molecule has 3 heteroatoms. The Kier molecular flexibility index (Phi) is 5.00. The van der Waals surface area contributed by atoms with E-state index in [1.807, 2.05) is 0 Å². The third-order valence-corrected chi connectivity index (χ3v) is 5.99. The van der Waals surface area contributed by atoms with Crippen LogP contribution in [0, 0.1) is 11.8 Å². The largest absolute Gasteiger partial charge is 0.328 e. The average Bonchev–Trinajstić information content (AvgIpc) is 2.91. The standard InChI is InChI=1S/C17H33N3/c1-14-2-4-15(5-3-14)12-19-9-8-17(13-19)20-10-6-16(18)7-11-20/h14-17H,2-13,18H2,1H3. The van der Waals surface area contributed by atoms with Crippen LogP contribution in [0.3, 0.4) is 0 Å². The summed E-state index contributed by atoms with van der Waals surface area (Å²) in [5.41, 5.74) is 6.02. The summed E-state index contributed by atoms with van der Waals surface area (Å²) < 4.78 is 0. The van der Waals surface area contributed by atoms with Gasteiger partial charge in [0.15, 0.2) is 0 Å².